The predicted molar refractivity (Wildman–Crippen MR) is 128 cm³/mol. The van der Waals surface area contributed by atoms with Crippen molar-refractivity contribution in [1.29, 1.82) is 0 Å². The fourth-order valence-electron chi connectivity index (χ4n) is 3.64. The van der Waals surface area contributed by atoms with Crippen LogP contribution in [0.2, 0.25) is 0 Å². The lowest BCUT2D eigenvalue weighted by Crippen LogP contribution is -2.30. The van der Waals surface area contributed by atoms with Crippen molar-refractivity contribution >= 4 is 39.2 Å². The zero-order valence-corrected chi connectivity index (χ0v) is 19.8. The number of sulfonamides is 1. The lowest BCUT2D eigenvalue weighted by molar-refractivity contribution is -0.113. The highest BCUT2D eigenvalue weighted by atomic mass is 32.2. The van der Waals surface area contributed by atoms with E-state index >= 15 is 0 Å². The Morgan fingerprint density at radius 3 is 2.55 bits per heavy atom. The number of rotatable bonds is 6. The second-order valence-corrected chi connectivity index (χ2v) is 10.5. The van der Waals surface area contributed by atoms with Gasteiger partial charge in [-0.3, -0.25) is 14.5 Å². The van der Waals surface area contributed by atoms with Crippen LogP contribution in [0.4, 0.5) is 5.69 Å². The zero-order valence-electron chi connectivity index (χ0n) is 18.2. The summed E-state index contributed by atoms with van der Waals surface area (Å²) < 4.78 is 28.1. The van der Waals surface area contributed by atoms with E-state index in [1.165, 1.54) is 29.5 Å². The normalized spacial score (nSPS) is 14.5. The van der Waals surface area contributed by atoms with Crippen molar-refractivity contribution in [2.24, 2.45) is 4.99 Å². The van der Waals surface area contributed by atoms with E-state index in [1.807, 2.05) is 13.8 Å². The van der Waals surface area contributed by atoms with Crippen LogP contribution < -0.4 is 10.0 Å². The summed E-state index contributed by atoms with van der Waals surface area (Å²) in [5, 5.41) is 2.81. The first kappa shape index (κ1) is 23.3. The molecule has 6 nitrogen and oxygen atoms in total. The van der Waals surface area contributed by atoms with Crippen molar-refractivity contribution in [2.75, 3.05) is 17.6 Å². The van der Waals surface area contributed by atoms with Crippen molar-refractivity contribution in [3.05, 3.63) is 53.1 Å². The fraction of sp³-hybridized carbons (Fsp3) is 0.391. The number of amides is 1. The van der Waals surface area contributed by atoms with E-state index in [0.717, 1.165) is 35.3 Å². The van der Waals surface area contributed by atoms with Gasteiger partial charge in [0.2, 0.25) is 5.91 Å². The van der Waals surface area contributed by atoms with Gasteiger partial charge in [-0.1, -0.05) is 30.2 Å². The van der Waals surface area contributed by atoms with Gasteiger partial charge in [0.15, 0.2) is 0 Å². The number of hydrogen-bond acceptors (Lipinski definition) is 5. The number of carbonyl (C=O) groups excluding carboxylic acids is 1. The molecule has 0 unspecified atom stereocenters. The van der Waals surface area contributed by atoms with Crippen LogP contribution in [0.25, 0.3) is 0 Å². The summed E-state index contributed by atoms with van der Waals surface area (Å²) in [4.78, 5) is 18.0. The van der Waals surface area contributed by atoms with E-state index in [0.29, 0.717) is 24.5 Å². The molecule has 0 atom stereocenters. The molecule has 2 aromatic rings. The number of aryl methyl sites for hydroxylation is 3. The summed E-state index contributed by atoms with van der Waals surface area (Å²) in [7, 11) is -3.74. The average molecular weight is 460 g/mol. The maximum atomic E-state index is 12.8. The number of nitrogens with one attached hydrogen (secondary N) is 2. The Labute approximate surface area is 189 Å². The molecule has 0 bridgehead atoms. The quantitative estimate of drug-likeness (QED) is 0.618. The summed E-state index contributed by atoms with van der Waals surface area (Å²) >= 11 is 1.49. The molecule has 0 radical (unpaired) electrons. The molecule has 2 aromatic carbocycles. The van der Waals surface area contributed by atoms with E-state index in [2.05, 4.69) is 34.1 Å². The van der Waals surface area contributed by atoms with Crippen LogP contribution in [-0.4, -0.2) is 32.5 Å². The topological polar surface area (TPSA) is 87.6 Å². The number of hydrogen-bond donors (Lipinski definition) is 2. The van der Waals surface area contributed by atoms with Gasteiger partial charge in [0.05, 0.1) is 10.6 Å². The minimum absolute atomic E-state index is 0.107. The van der Waals surface area contributed by atoms with Gasteiger partial charge >= 0.3 is 0 Å². The fourth-order valence-corrected chi connectivity index (χ4v) is 5.70. The van der Waals surface area contributed by atoms with Crippen molar-refractivity contribution in [3.63, 3.8) is 0 Å². The third-order valence-electron chi connectivity index (χ3n) is 5.01. The lowest BCUT2D eigenvalue weighted by Gasteiger charge is -2.12. The first-order valence-corrected chi connectivity index (χ1v) is 12.9. The average Bonchev–Trinajstić information content (AvgIpc) is 2.95. The molecule has 0 saturated carbocycles. The van der Waals surface area contributed by atoms with Crippen molar-refractivity contribution in [3.8, 4) is 0 Å². The third-order valence-corrected chi connectivity index (χ3v) is 7.72. The van der Waals surface area contributed by atoms with Crippen molar-refractivity contribution in [2.45, 2.75) is 56.2 Å². The van der Waals surface area contributed by atoms with Crippen LogP contribution in [0, 0.1) is 20.8 Å². The van der Waals surface area contributed by atoms with Crippen LogP contribution in [-0.2, 0) is 14.8 Å². The molecule has 0 fully saturated rings. The number of benzene rings is 2. The first-order valence-electron chi connectivity index (χ1n) is 10.4. The van der Waals surface area contributed by atoms with Crippen molar-refractivity contribution < 1.29 is 13.2 Å². The number of carbonyl (C=O) groups is 1. The van der Waals surface area contributed by atoms with E-state index in [-0.39, 0.29) is 16.6 Å². The Hall–Kier alpha value is -2.32. The number of amidine groups is 1. The Morgan fingerprint density at radius 2 is 1.81 bits per heavy atom. The molecular formula is C23H29N3O3S2. The van der Waals surface area contributed by atoms with Crippen molar-refractivity contribution in [1.82, 2.24) is 4.72 Å². The van der Waals surface area contributed by atoms with Gasteiger partial charge in [-0.15, -0.1) is 11.8 Å². The molecule has 1 aliphatic rings. The Balaban J connectivity index is 1.64. The molecule has 31 heavy (non-hydrogen) atoms. The van der Waals surface area contributed by atoms with Gasteiger partial charge < -0.3 is 5.32 Å². The standard InChI is InChI=1S/C23H29N3O3S2/c1-16-12-17(2)23(18(3)13-16)30-15-22(27)25-19-8-7-9-20(14-19)31(28,29)26-21-10-5-4-6-11-24-21/h7-9,12-14H,4-6,10-11,15H2,1-3H3,(H,24,26)(H,25,27). The molecule has 0 saturated heterocycles. The maximum Gasteiger partial charge on any atom is 0.262 e. The second kappa shape index (κ2) is 10.3. The molecule has 1 amide bonds. The lowest BCUT2D eigenvalue weighted by atomic mass is 10.1. The number of aliphatic imine (C=N–C) groups is 1. The van der Waals surface area contributed by atoms with Crippen LogP contribution in [0.1, 0.15) is 42.4 Å². The number of thioether (sulfide) groups is 1. The summed E-state index contributed by atoms with van der Waals surface area (Å²) in [5.41, 5.74) is 3.95. The number of anilines is 1. The SMILES string of the molecule is Cc1cc(C)c(SCC(=O)Nc2cccc(S(=O)(=O)NC3=NCCCCC3)c2)c(C)c1. The van der Waals surface area contributed by atoms with Gasteiger partial charge in [-0.05, 0) is 62.9 Å². The molecule has 1 aliphatic heterocycles. The van der Waals surface area contributed by atoms with Gasteiger partial charge in [0.25, 0.3) is 10.0 Å². The molecule has 3 rings (SSSR count). The minimum Gasteiger partial charge on any atom is -0.325 e. The minimum atomic E-state index is -3.74. The van der Waals surface area contributed by atoms with Crippen LogP contribution in [0.3, 0.4) is 0 Å². The zero-order chi connectivity index (χ0) is 22.4. The van der Waals surface area contributed by atoms with E-state index in [4.69, 9.17) is 0 Å². The Morgan fingerprint density at radius 1 is 1.06 bits per heavy atom. The van der Waals surface area contributed by atoms with Gasteiger partial charge in [0, 0.05) is 23.5 Å². The summed E-state index contributed by atoms with van der Waals surface area (Å²) in [6.45, 7) is 6.78. The second-order valence-electron chi connectivity index (χ2n) is 7.84. The molecule has 1 heterocycles. The van der Waals surface area contributed by atoms with Crippen LogP contribution in [0.5, 0.6) is 0 Å². The van der Waals surface area contributed by atoms with Crippen LogP contribution in [0.15, 0.2) is 51.2 Å². The Bertz CT molecular complexity index is 1070. The van der Waals surface area contributed by atoms with Gasteiger partial charge in [-0.25, -0.2) is 8.42 Å². The van der Waals surface area contributed by atoms with Gasteiger partial charge in [0.1, 0.15) is 5.84 Å². The molecular weight excluding hydrogens is 430 g/mol. The smallest absolute Gasteiger partial charge is 0.262 e. The monoisotopic (exact) mass is 459 g/mol. The predicted octanol–water partition coefficient (Wildman–Crippen LogP) is 4.59. The summed E-state index contributed by atoms with van der Waals surface area (Å²) in [6, 6.07) is 10.5. The molecule has 0 aliphatic carbocycles. The highest BCUT2D eigenvalue weighted by Gasteiger charge is 2.18. The third kappa shape index (κ3) is 6.58. The summed E-state index contributed by atoms with van der Waals surface area (Å²) in [5.74, 6) is 0.573. The van der Waals surface area contributed by atoms with Gasteiger partial charge in [-0.2, -0.15) is 0 Å². The van der Waals surface area contributed by atoms with E-state index < -0.39 is 10.0 Å². The van der Waals surface area contributed by atoms with E-state index in [9.17, 15) is 13.2 Å². The largest absolute Gasteiger partial charge is 0.325 e. The number of nitrogens with zero attached hydrogens (tertiary/aromatic N) is 1. The van der Waals surface area contributed by atoms with E-state index in [1.54, 1.807) is 12.1 Å². The molecule has 8 heteroatoms. The first-order chi connectivity index (χ1) is 14.7. The maximum absolute atomic E-state index is 12.8. The summed E-state index contributed by atoms with van der Waals surface area (Å²) in [6.07, 6.45) is 3.59. The highest BCUT2D eigenvalue weighted by molar-refractivity contribution is 8.00. The molecule has 0 aromatic heterocycles. The Kier molecular flexibility index (Phi) is 7.78. The van der Waals surface area contributed by atoms with Crippen LogP contribution >= 0.6 is 11.8 Å². The molecule has 0 spiro atoms. The molecule has 166 valence electrons. The highest BCUT2D eigenvalue weighted by Crippen LogP contribution is 2.27. The molecule has 2 N–H and O–H groups in total.